The second-order valence-electron chi connectivity index (χ2n) is 5.32. The van der Waals surface area contributed by atoms with Crippen LogP contribution in [0.4, 0.5) is 0 Å². The van der Waals surface area contributed by atoms with Crippen molar-refractivity contribution in [3.63, 3.8) is 0 Å². The molecule has 0 radical (unpaired) electrons. The molecule has 1 heterocycles. The number of thiazole rings is 1. The third-order valence-electron chi connectivity index (χ3n) is 3.34. The van der Waals surface area contributed by atoms with Gasteiger partial charge in [0.05, 0.1) is 10.7 Å². The molecule has 3 N–H and O–H groups in total. The Morgan fingerprint density at radius 2 is 1.96 bits per heavy atom. The Morgan fingerprint density at radius 3 is 2.67 bits per heavy atom. The number of hydrazine groups is 1. The number of hydrogen-bond donors (Lipinski definition) is 3. The van der Waals surface area contributed by atoms with Crippen LogP contribution in [0.3, 0.4) is 0 Å². The lowest BCUT2D eigenvalue weighted by Crippen LogP contribution is -2.46. The fourth-order valence-electron chi connectivity index (χ4n) is 2.16. The molecule has 0 saturated carbocycles. The van der Waals surface area contributed by atoms with E-state index >= 15 is 0 Å². The summed E-state index contributed by atoms with van der Waals surface area (Å²) in [5.74, 6) is -0.239. The highest BCUT2D eigenvalue weighted by molar-refractivity contribution is 7.80. The van der Waals surface area contributed by atoms with Crippen molar-refractivity contribution in [3.05, 3.63) is 40.2 Å². The van der Waals surface area contributed by atoms with Crippen molar-refractivity contribution >= 4 is 34.6 Å². The van der Waals surface area contributed by atoms with E-state index < -0.39 is 0 Å². The lowest BCUT2D eigenvalue weighted by atomic mass is 10.1. The number of amides is 1. The van der Waals surface area contributed by atoms with Crippen molar-refractivity contribution in [2.45, 2.75) is 33.1 Å². The zero-order valence-electron chi connectivity index (χ0n) is 13.9. The molecule has 0 saturated heterocycles. The van der Waals surface area contributed by atoms with Crippen LogP contribution in [0.25, 0.3) is 11.3 Å². The first-order valence-corrected chi connectivity index (χ1v) is 9.21. The lowest BCUT2D eigenvalue weighted by Gasteiger charge is -2.11. The summed E-state index contributed by atoms with van der Waals surface area (Å²) in [6, 6.07) is 9.68. The predicted molar refractivity (Wildman–Crippen MR) is 103 cm³/mol. The normalized spacial score (nSPS) is 10.2. The van der Waals surface area contributed by atoms with E-state index in [2.05, 4.69) is 28.1 Å². The maximum atomic E-state index is 12.4. The van der Waals surface area contributed by atoms with Gasteiger partial charge in [0.2, 0.25) is 0 Å². The minimum absolute atomic E-state index is 0.239. The van der Waals surface area contributed by atoms with E-state index in [-0.39, 0.29) is 5.91 Å². The molecule has 2 aromatic rings. The third kappa shape index (κ3) is 5.28. The minimum Gasteiger partial charge on any atom is -0.361 e. The number of nitrogens with one attached hydrogen (secondary N) is 3. The molecule has 0 atom stereocenters. The summed E-state index contributed by atoms with van der Waals surface area (Å²) in [4.78, 5) is 17.5. The number of rotatable bonds is 6. The van der Waals surface area contributed by atoms with Crippen molar-refractivity contribution in [1.82, 2.24) is 21.2 Å². The van der Waals surface area contributed by atoms with Gasteiger partial charge in [-0.05, 0) is 25.6 Å². The fourth-order valence-corrected chi connectivity index (χ4v) is 3.15. The summed E-state index contributed by atoms with van der Waals surface area (Å²) in [6.45, 7) is 4.84. The van der Waals surface area contributed by atoms with Crippen LogP contribution < -0.4 is 16.2 Å². The van der Waals surface area contributed by atoms with Gasteiger partial charge in [0, 0.05) is 12.1 Å². The van der Waals surface area contributed by atoms with Gasteiger partial charge in [0.15, 0.2) is 5.11 Å². The van der Waals surface area contributed by atoms with Gasteiger partial charge in [0.1, 0.15) is 4.88 Å². The van der Waals surface area contributed by atoms with E-state index in [4.69, 9.17) is 12.2 Å². The average Bonchev–Trinajstić information content (AvgIpc) is 2.99. The molecule has 2 rings (SSSR count). The van der Waals surface area contributed by atoms with E-state index in [0.717, 1.165) is 36.4 Å². The molecule has 1 amide bonds. The van der Waals surface area contributed by atoms with Crippen LogP contribution in [0, 0.1) is 6.92 Å². The highest BCUT2D eigenvalue weighted by Crippen LogP contribution is 2.27. The van der Waals surface area contributed by atoms with Gasteiger partial charge < -0.3 is 5.32 Å². The maximum Gasteiger partial charge on any atom is 0.282 e. The summed E-state index contributed by atoms with van der Waals surface area (Å²) in [5.41, 5.74) is 7.00. The van der Waals surface area contributed by atoms with Crippen LogP contribution in [-0.2, 0) is 0 Å². The van der Waals surface area contributed by atoms with Crippen LogP contribution in [0.5, 0.6) is 0 Å². The standard InChI is InChI=1S/C17H22N4OS2/c1-3-4-8-11-18-17(23)21-20-16(22)15-14(19-12(2)24-15)13-9-6-5-7-10-13/h5-7,9-10H,3-4,8,11H2,1-2H3,(H,20,22)(H2,18,21,23). The zero-order chi connectivity index (χ0) is 17.4. The summed E-state index contributed by atoms with van der Waals surface area (Å²) >= 11 is 6.52. The molecular weight excluding hydrogens is 340 g/mol. The fraction of sp³-hybridized carbons (Fsp3) is 0.353. The van der Waals surface area contributed by atoms with Gasteiger partial charge in [-0.2, -0.15) is 0 Å². The van der Waals surface area contributed by atoms with Crippen LogP contribution in [-0.4, -0.2) is 22.5 Å². The molecule has 1 aromatic carbocycles. The summed E-state index contributed by atoms with van der Waals surface area (Å²) < 4.78 is 0. The summed E-state index contributed by atoms with van der Waals surface area (Å²) in [6.07, 6.45) is 3.37. The minimum atomic E-state index is -0.239. The molecule has 0 aliphatic heterocycles. The van der Waals surface area contributed by atoms with Crippen LogP contribution >= 0.6 is 23.6 Å². The summed E-state index contributed by atoms with van der Waals surface area (Å²) in [5, 5.41) is 4.33. The van der Waals surface area contributed by atoms with Crippen molar-refractivity contribution in [1.29, 1.82) is 0 Å². The lowest BCUT2D eigenvalue weighted by molar-refractivity contribution is 0.0948. The second kappa shape index (κ2) is 9.34. The van der Waals surface area contributed by atoms with Crippen molar-refractivity contribution in [2.75, 3.05) is 6.54 Å². The van der Waals surface area contributed by atoms with E-state index in [9.17, 15) is 4.79 Å². The quantitative estimate of drug-likeness (QED) is 0.417. The summed E-state index contributed by atoms with van der Waals surface area (Å²) in [7, 11) is 0. The predicted octanol–water partition coefficient (Wildman–Crippen LogP) is 3.42. The number of carbonyl (C=O) groups is 1. The Bertz CT molecular complexity index is 685. The van der Waals surface area contributed by atoms with Gasteiger partial charge in [-0.1, -0.05) is 50.1 Å². The van der Waals surface area contributed by atoms with E-state index in [0.29, 0.717) is 15.7 Å². The number of thiocarbonyl (C=S) groups is 1. The molecule has 0 bridgehead atoms. The Hall–Kier alpha value is -1.99. The number of unbranched alkanes of at least 4 members (excludes halogenated alkanes) is 2. The van der Waals surface area contributed by atoms with Gasteiger partial charge in [-0.25, -0.2) is 4.98 Å². The largest absolute Gasteiger partial charge is 0.361 e. The number of aryl methyl sites for hydroxylation is 1. The molecule has 0 aliphatic rings. The van der Waals surface area contributed by atoms with Crippen molar-refractivity contribution in [2.24, 2.45) is 0 Å². The first kappa shape index (κ1) is 18.4. The smallest absolute Gasteiger partial charge is 0.282 e. The average molecular weight is 363 g/mol. The van der Waals surface area contributed by atoms with Crippen molar-refractivity contribution in [3.8, 4) is 11.3 Å². The molecule has 0 unspecified atom stereocenters. The molecule has 128 valence electrons. The maximum absolute atomic E-state index is 12.4. The van der Waals surface area contributed by atoms with Crippen LogP contribution in [0.2, 0.25) is 0 Å². The first-order chi connectivity index (χ1) is 11.6. The molecule has 1 aromatic heterocycles. The molecular formula is C17H22N4OS2. The Morgan fingerprint density at radius 1 is 1.21 bits per heavy atom. The highest BCUT2D eigenvalue weighted by Gasteiger charge is 2.18. The Kier molecular flexibility index (Phi) is 7.14. The molecule has 0 spiro atoms. The topological polar surface area (TPSA) is 66.0 Å². The van der Waals surface area contributed by atoms with Gasteiger partial charge in [-0.15, -0.1) is 11.3 Å². The number of hydrogen-bond acceptors (Lipinski definition) is 4. The number of aromatic nitrogens is 1. The number of carbonyl (C=O) groups excluding carboxylic acids is 1. The van der Waals surface area contributed by atoms with E-state index in [1.54, 1.807) is 0 Å². The van der Waals surface area contributed by atoms with Crippen LogP contribution in [0.1, 0.15) is 40.9 Å². The van der Waals surface area contributed by atoms with E-state index in [1.165, 1.54) is 11.3 Å². The van der Waals surface area contributed by atoms with E-state index in [1.807, 2.05) is 37.3 Å². The van der Waals surface area contributed by atoms with Crippen LogP contribution in [0.15, 0.2) is 30.3 Å². The molecule has 0 fully saturated rings. The first-order valence-electron chi connectivity index (χ1n) is 7.99. The van der Waals surface area contributed by atoms with Gasteiger partial charge >= 0.3 is 0 Å². The third-order valence-corrected chi connectivity index (χ3v) is 4.56. The zero-order valence-corrected chi connectivity index (χ0v) is 15.5. The highest BCUT2D eigenvalue weighted by atomic mass is 32.1. The molecule has 0 aliphatic carbocycles. The number of benzene rings is 1. The Balaban J connectivity index is 1.95. The molecule has 5 nitrogen and oxygen atoms in total. The number of nitrogens with zero attached hydrogens (tertiary/aromatic N) is 1. The Labute approximate surface area is 151 Å². The van der Waals surface area contributed by atoms with Gasteiger partial charge in [-0.3, -0.25) is 15.6 Å². The monoisotopic (exact) mass is 362 g/mol. The second-order valence-corrected chi connectivity index (χ2v) is 6.93. The SMILES string of the molecule is CCCCCNC(=S)NNC(=O)c1sc(C)nc1-c1ccccc1. The van der Waals surface area contributed by atoms with Gasteiger partial charge in [0.25, 0.3) is 5.91 Å². The van der Waals surface area contributed by atoms with Crippen molar-refractivity contribution < 1.29 is 4.79 Å². The molecule has 24 heavy (non-hydrogen) atoms. The molecule has 7 heteroatoms.